The zero-order valence-corrected chi connectivity index (χ0v) is 14.0. The van der Waals surface area contributed by atoms with E-state index in [0.717, 1.165) is 25.9 Å². The summed E-state index contributed by atoms with van der Waals surface area (Å²) in [6, 6.07) is 2.25. The maximum atomic E-state index is 12.5. The van der Waals surface area contributed by atoms with Crippen molar-refractivity contribution in [2.75, 3.05) is 26.7 Å². The Kier molecular flexibility index (Phi) is 5.16. The van der Waals surface area contributed by atoms with Gasteiger partial charge in [-0.2, -0.15) is 0 Å². The van der Waals surface area contributed by atoms with Crippen LogP contribution in [-0.2, 0) is 0 Å². The van der Waals surface area contributed by atoms with Gasteiger partial charge in [0.15, 0.2) is 5.78 Å². The number of hydrogen-bond donors (Lipinski definition) is 1. The first-order valence-corrected chi connectivity index (χ1v) is 8.86. The molecule has 1 aliphatic heterocycles. The molecule has 0 atom stereocenters. The fraction of sp³-hybridized carbons (Fsp3) is 0.667. The number of Topliss-reactive ketones (excluding diaryl/α,β-unsaturated/α-hetero) is 1. The maximum Gasteiger partial charge on any atom is 0.270 e. The van der Waals surface area contributed by atoms with Crippen molar-refractivity contribution in [1.82, 2.24) is 14.8 Å². The smallest absolute Gasteiger partial charge is 0.270 e. The van der Waals surface area contributed by atoms with Gasteiger partial charge in [0.05, 0.1) is 6.54 Å². The Morgan fingerprint density at radius 1 is 1.17 bits per heavy atom. The third-order valence-corrected chi connectivity index (χ3v) is 5.22. The summed E-state index contributed by atoms with van der Waals surface area (Å²) < 4.78 is 0. The van der Waals surface area contributed by atoms with Gasteiger partial charge in [-0.3, -0.25) is 14.5 Å². The van der Waals surface area contributed by atoms with Crippen LogP contribution in [0.3, 0.4) is 0 Å². The number of aromatic nitrogens is 1. The van der Waals surface area contributed by atoms with Gasteiger partial charge in [-0.1, -0.05) is 19.3 Å². The molecule has 23 heavy (non-hydrogen) atoms. The van der Waals surface area contributed by atoms with Gasteiger partial charge in [0.2, 0.25) is 0 Å². The lowest BCUT2D eigenvalue weighted by atomic mass is 9.94. The first-order valence-electron chi connectivity index (χ1n) is 8.86. The maximum absolute atomic E-state index is 12.5. The van der Waals surface area contributed by atoms with Crippen LogP contribution in [0.5, 0.6) is 0 Å². The van der Waals surface area contributed by atoms with Crippen LogP contribution in [-0.4, -0.2) is 59.2 Å². The van der Waals surface area contributed by atoms with Crippen molar-refractivity contribution in [1.29, 1.82) is 0 Å². The Balaban J connectivity index is 1.58. The van der Waals surface area contributed by atoms with Crippen LogP contribution in [0, 0.1) is 0 Å². The van der Waals surface area contributed by atoms with Gasteiger partial charge in [0, 0.05) is 30.9 Å². The highest BCUT2D eigenvalue weighted by Gasteiger charge is 2.23. The zero-order chi connectivity index (χ0) is 16.2. The number of likely N-dealkylation sites (N-methyl/N-ethyl adjacent to an activating group) is 1. The number of hydrogen-bond acceptors (Lipinski definition) is 3. The molecule has 0 radical (unpaired) electrons. The Labute approximate surface area is 138 Å². The summed E-state index contributed by atoms with van der Waals surface area (Å²) in [5, 5.41) is 0. The van der Waals surface area contributed by atoms with Gasteiger partial charge in [0.1, 0.15) is 5.69 Å². The third kappa shape index (κ3) is 3.83. The van der Waals surface area contributed by atoms with Crippen molar-refractivity contribution in [3.8, 4) is 0 Å². The van der Waals surface area contributed by atoms with E-state index in [4.69, 9.17) is 0 Å². The van der Waals surface area contributed by atoms with Crippen molar-refractivity contribution in [2.45, 2.75) is 51.0 Å². The average molecular weight is 317 g/mol. The largest absolute Gasteiger partial charge is 0.356 e. The SMILES string of the molecule is CN(CC(=O)c1c[nH]c(C(=O)N2CCCC2)c1)C1CCCCC1. The Morgan fingerprint density at radius 3 is 2.57 bits per heavy atom. The van der Waals surface area contributed by atoms with Gasteiger partial charge in [-0.15, -0.1) is 0 Å². The summed E-state index contributed by atoms with van der Waals surface area (Å²) in [6.45, 7) is 2.08. The minimum absolute atomic E-state index is 0.0159. The number of nitrogens with one attached hydrogen (secondary N) is 1. The fourth-order valence-electron chi connectivity index (χ4n) is 3.74. The Hall–Kier alpha value is -1.62. The van der Waals surface area contributed by atoms with Crippen molar-refractivity contribution in [3.63, 3.8) is 0 Å². The van der Waals surface area contributed by atoms with Crippen molar-refractivity contribution >= 4 is 11.7 Å². The number of carbonyl (C=O) groups is 2. The molecule has 126 valence electrons. The number of H-pyrrole nitrogens is 1. The van der Waals surface area contributed by atoms with Gasteiger partial charge in [-0.05, 0) is 38.8 Å². The topological polar surface area (TPSA) is 56.4 Å². The second-order valence-corrected chi connectivity index (χ2v) is 6.93. The van der Waals surface area contributed by atoms with Crippen molar-refractivity contribution < 1.29 is 9.59 Å². The lowest BCUT2D eigenvalue weighted by molar-refractivity contribution is 0.0787. The summed E-state index contributed by atoms with van der Waals surface area (Å²) in [4.78, 5) is 31.8. The van der Waals surface area contributed by atoms with E-state index in [2.05, 4.69) is 9.88 Å². The number of amides is 1. The van der Waals surface area contributed by atoms with E-state index in [1.165, 1.54) is 32.1 Å². The second-order valence-electron chi connectivity index (χ2n) is 6.93. The summed E-state index contributed by atoms with van der Waals surface area (Å²) in [7, 11) is 2.04. The van der Waals surface area contributed by atoms with Crippen LogP contribution in [0.15, 0.2) is 12.3 Å². The lowest BCUT2D eigenvalue weighted by Gasteiger charge is -2.30. The van der Waals surface area contributed by atoms with E-state index in [1.54, 1.807) is 12.3 Å². The summed E-state index contributed by atoms with van der Waals surface area (Å²) in [5.74, 6) is 0.108. The lowest BCUT2D eigenvalue weighted by Crippen LogP contribution is -2.37. The van der Waals surface area contributed by atoms with E-state index in [9.17, 15) is 9.59 Å². The molecule has 1 aromatic rings. The Morgan fingerprint density at radius 2 is 1.87 bits per heavy atom. The Bertz CT molecular complexity index is 554. The molecule has 3 rings (SSSR count). The van der Waals surface area contributed by atoms with E-state index in [0.29, 0.717) is 23.8 Å². The predicted octanol–water partition coefficient (Wildman–Crippen LogP) is 2.70. The molecule has 2 aliphatic rings. The molecule has 1 saturated heterocycles. The molecule has 0 spiro atoms. The molecule has 2 heterocycles. The summed E-state index contributed by atoms with van der Waals surface area (Å²) >= 11 is 0. The number of rotatable bonds is 5. The van der Waals surface area contributed by atoms with Crippen LogP contribution in [0.25, 0.3) is 0 Å². The number of carbonyl (C=O) groups excluding carboxylic acids is 2. The molecular formula is C18H27N3O2. The predicted molar refractivity (Wildman–Crippen MR) is 89.8 cm³/mol. The van der Waals surface area contributed by atoms with Gasteiger partial charge in [-0.25, -0.2) is 0 Å². The number of ketones is 1. The molecular weight excluding hydrogens is 290 g/mol. The van der Waals surface area contributed by atoms with Crippen LogP contribution in [0.1, 0.15) is 65.8 Å². The molecule has 1 aliphatic carbocycles. The molecule has 5 heteroatoms. The first kappa shape index (κ1) is 16.2. The normalized spacial score (nSPS) is 19.5. The summed E-state index contributed by atoms with van der Waals surface area (Å²) in [6.07, 6.45) is 10.1. The monoisotopic (exact) mass is 317 g/mol. The van der Waals surface area contributed by atoms with Crippen LogP contribution in [0.2, 0.25) is 0 Å². The molecule has 1 amide bonds. The van der Waals surface area contributed by atoms with Crippen LogP contribution < -0.4 is 0 Å². The van der Waals surface area contributed by atoms with Crippen molar-refractivity contribution in [2.24, 2.45) is 0 Å². The molecule has 0 bridgehead atoms. The van der Waals surface area contributed by atoms with Crippen molar-refractivity contribution in [3.05, 3.63) is 23.5 Å². The quantitative estimate of drug-likeness (QED) is 0.850. The molecule has 5 nitrogen and oxygen atoms in total. The van der Waals surface area contributed by atoms with Gasteiger partial charge < -0.3 is 9.88 Å². The molecule has 1 aromatic heterocycles. The highest BCUT2D eigenvalue weighted by molar-refractivity contribution is 6.01. The summed E-state index contributed by atoms with van der Waals surface area (Å²) in [5.41, 5.74) is 1.16. The molecule has 1 saturated carbocycles. The minimum Gasteiger partial charge on any atom is -0.356 e. The first-order chi connectivity index (χ1) is 11.1. The van der Waals surface area contributed by atoms with E-state index >= 15 is 0 Å². The number of nitrogens with zero attached hydrogens (tertiary/aromatic N) is 2. The number of aromatic amines is 1. The fourth-order valence-corrected chi connectivity index (χ4v) is 3.74. The average Bonchev–Trinajstić information content (AvgIpc) is 3.26. The van der Waals surface area contributed by atoms with Gasteiger partial charge >= 0.3 is 0 Å². The molecule has 0 unspecified atom stereocenters. The van der Waals surface area contributed by atoms with E-state index < -0.39 is 0 Å². The minimum atomic E-state index is 0.0159. The highest BCUT2D eigenvalue weighted by atomic mass is 16.2. The molecule has 2 fully saturated rings. The standard InChI is InChI=1S/C18H27N3O2/c1-20(15-7-3-2-4-8-15)13-17(22)14-11-16(19-12-14)18(23)21-9-5-6-10-21/h11-12,15,19H,2-10,13H2,1H3. The van der Waals surface area contributed by atoms with Crippen LogP contribution in [0.4, 0.5) is 0 Å². The molecule has 0 aromatic carbocycles. The third-order valence-electron chi connectivity index (χ3n) is 5.22. The van der Waals surface area contributed by atoms with E-state index in [1.807, 2.05) is 11.9 Å². The molecule has 1 N–H and O–H groups in total. The van der Waals surface area contributed by atoms with E-state index in [-0.39, 0.29) is 11.7 Å². The zero-order valence-electron chi connectivity index (χ0n) is 14.0. The number of likely N-dealkylation sites (tertiary alicyclic amines) is 1. The second kappa shape index (κ2) is 7.30. The van der Waals surface area contributed by atoms with Crippen LogP contribution >= 0.6 is 0 Å². The van der Waals surface area contributed by atoms with Gasteiger partial charge in [0.25, 0.3) is 5.91 Å². The highest BCUT2D eigenvalue weighted by Crippen LogP contribution is 2.22.